The Morgan fingerprint density at radius 2 is 2.21 bits per heavy atom. The van der Waals surface area contributed by atoms with Gasteiger partial charge in [0.2, 0.25) is 5.91 Å². The Kier molecular flexibility index (Phi) is 5.21. The normalized spacial score (nSPS) is 15.3. The molecular formula is C15H21NO3. The summed E-state index contributed by atoms with van der Waals surface area (Å²) in [5.41, 5.74) is 1.12. The van der Waals surface area contributed by atoms with Crippen LogP contribution in [0.25, 0.3) is 0 Å². The number of amides is 1. The molecule has 0 saturated carbocycles. The Morgan fingerprint density at radius 3 is 2.95 bits per heavy atom. The van der Waals surface area contributed by atoms with Crippen LogP contribution in [0.5, 0.6) is 5.75 Å². The third-order valence-electron chi connectivity index (χ3n) is 3.17. The molecule has 2 rings (SSSR count). The summed E-state index contributed by atoms with van der Waals surface area (Å²) in [6.07, 6.45) is 3.27. The average Bonchev–Trinajstić information content (AvgIpc) is 2.46. The van der Waals surface area contributed by atoms with Crippen molar-refractivity contribution in [1.82, 2.24) is 5.06 Å². The van der Waals surface area contributed by atoms with Gasteiger partial charge >= 0.3 is 0 Å². The fourth-order valence-electron chi connectivity index (χ4n) is 2.04. The van der Waals surface area contributed by atoms with E-state index in [0.29, 0.717) is 26.1 Å². The molecule has 1 amide bonds. The van der Waals surface area contributed by atoms with Crippen molar-refractivity contribution < 1.29 is 14.4 Å². The third-order valence-corrected chi connectivity index (χ3v) is 3.17. The highest BCUT2D eigenvalue weighted by Crippen LogP contribution is 2.16. The van der Waals surface area contributed by atoms with Crippen molar-refractivity contribution in [3.8, 4) is 5.75 Å². The van der Waals surface area contributed by atoms with Crippen LogP contribution < -0.4 is 4.74 Å². The van der Waals surface area contributed by atoms with Gasteiger partial charge < -0.3 is 4.74 Å². The number of nitrogens with zero attached hydrogens (tertiary/aromatic N) is 1. The van der Waals surface area contributed by atoms with Crippen molar-refractivity contribution in [3.63, 3.8) is 0 Å². The lowest BCUT2D eigenvalue weighted by Crippen LogP contribution is -2.35. The van der Waals surface area contributed by atoms with Gasteiger partial charge in [-0.2, -0.15) is 0 Å². The number of hydrogen-bond donors (Lipinski definition) is 0. The van der Waals surface area contributed by atoms with Crippen LogP contribution in [-0.2, 0) is 9.63 Å². The second kappa shape index (κ2) is 7.14. The van der Waals surface area contributed by atoms with Crippen LogP contribution in [0, 0.1) is 6.92 Å². The van der Waals surface area contributed by atoms with E-state index in [2.05, 4.69) is 0 Å². The quantitative estimate of drug-likeness (QED) is 0.767. The molecule has 4 nitrogen and oxygen atoms in total. The Labute approximate surface area is 114 Å². The number of carbonyl (C=O) groups is 1. The van der Waals surface area contributed by atoms with E-state index in [1.165, 1.54) is 5.06 Å². The molecule has 1 aliphatic rings. The number of benzene rings is 1. The van der Waals surface area contributed by atoms with Crippen LogP contribution in [0.15, 0.2) is 24.3 Å². The summed E-state index contributed by atoms with van der Waals surface area (Å²) >= 11 is 0. The largest absolute Gasteiger partial charge is 0.493 e. The number of para-hydroxylation sites is 1. The minimum Gasteiger partial charge on any atom is -0.493 e. The van der Waals surface area contributed by atoms with Gasteiger partial charge in [-0.15, -0.1) is 0 Å². The van der Waals surface area contributed by atoms with E-state index >= 15 is 0 Å². The summed E-state index contributed by atoms with van der Waals surface area (Å²) in [7, 11) is 0. The van der Waals surface area contributed by atoms with E-state index in [-0.39, 0.29) is 5.91 Å². The van der Waals surface area contributed by atoms with E-state index in [1.54, 1.807) is 0 Å². The van der Waals surface area contributed by atoms with Gasteiger partial charge in [0, 0.05) is 13.0 Å². The maximum absolute atomic E-state index is 11.8. The molecule has 1 aliphatic heterocycles. The molecule has 1 fully saturated rings. The molecule has 1 saturated heterocycles. The molecule has 0 aliphatic carbocycles. The first-order valence-corrected chi connectivity index (χ1v) is 6.89. The Morgan fingerprint density at radius 1 is 1.37 bits per heavy atom. The zero-order valence-corrected chi connectivity index (χ0v) is 11.4. The van der Waals surface area contributed by atoms with E-state index in [9.17, 15) is 4.79 Å². The molecule has 0 N–H and O–H groups in total. The highest BCUT2D eigenvalue weighted by molar-refractivity contribution is 5.75. The highest BCUT2D eigenvalue weighted by Gasteiger charge is 2.16. The predicted octanol–water partition coefficient (Wildman–Crippen LogP) is 2.71. The lowest BCUT2D eigenvalue weighted by molar-refractivity contribution is -0.197. The van der Waals surface area contributed by atoms with Gasteiger partial charge in [-0.1, -0.05) is 18.2 Å². The summed E-state index contributed by atoms with van der Waals surface area (Å²) in [5.74, 6) is 0.956. The monoisotopic (exact) mass is 263 g/mol. The minimum atomic E-state index is 0.0630. The van der Waals surface area contributed by atoms with Crippen LogP contribution >= 0.6 is 0 Å². The Hall–Kier alpha value is -1.55. The minimum absolute atomic E-state index is 0.0630. The fourth-order valence-corrected chi connectivity index (χ4v) is 2.04. The molecule has 4 heteroatoms. The fraction of sp³-hybridized carbons (Fsp3) is 0.533. The third kappa shape index (κ3) is 4.24. The zero-order valence-electron chi connectivity index (χ0n) is 11.4. The lowest BCUT2D eigenvalue weighted by Gasteiger charge is -2.25. The molecule has 0 unspecified atom stereocenters. The first kappa shape index (κ1) is 13.9. The van der Waals surface area contributed by atoms with E-state index in [4.69, 9.17) is 9.57 Å². The number of carbonyl (C=O) groups excluding carboxylic acids is 1. The molecule has 0 atom stereocenters. The second-order valence-corrected chi connectivity index (χ2v) is 4.75. The number of hydroxylamine groups is 2. The number of ether oxygens (including phenoxy) is 1. The second-order valence-electron chi connectivity index (χ2n) is 4.75. The summed E-state index contributed by atoms with van der Waals surface area (Å²) in [4.78, 5) is 17.1. The van der Waals surface area contributed by atoms with Crippen molar-refractivity contribution >= 4 is 5.91 Å². The predicted molar refractivity (Wildman–Crippen MR) is 72.8 cm³/mol. The maximum Gasteiger partial charge on any atom is 0.246 e. The standard InChI is InChI=1S/C15H21NO3/c1-13-7-2-3-8-14(13)18-11-6-9-15(17)16-10-4-5-12-19-16/h2-3,7-8H,4-6,9-12H2,1H3. The highest BCUT2D eigenvalue weighted by atomic mass is 16.7. The first-order valence-electron chi connectivity index (χ1n) is 6.89. The number of aryl methyl sites for hydroxylation is 1. The molecule has 1 aromatic carbocycles. The van der Waals surface area contributed by atoms with Crippen molar-refractivity contribution in [1.29, 1.82) is 0 Å². The van der Waals surface area contributed by atoms with E-state index in [0.717, 1.165) is 30.7 Å². The van der Waals surface area contributed by atoms with Crippen LogP contribution in [0.1, 0.15) is 31.2 Å². The smallest absolute Gasteiger partial charge is 0.246 e. The van der Waals surface area contributed by atoms with Crippen molar-refractivity contribution in [2.24, 2.45) is 0 Å². The van der Waals surface area contributed by atoms with Crippen LogP contribution in [0.2, 0.25) is 0 Å². The van der Waals surface area contributed by atoms with Gasteiger partial charge in [0.1, 0.15) is 5.75 Å². The van der Waals surface area contributed by atoms with Gasteiger partial charge in [-0.25, -0.2) is 5.06 Å². The molecule has 104 valence electrons. The van der Waals surface area contributed by atoms with Crippen molar-refractivity contribution in [3.05, 3.63) is 29.8 Å². The SMILES string of the molecule is Cc1ccccc1OCCCC(=O)N1CCCCO1. The van der Waals surface area contributed by atoms with Crippen LogP contribution in [0.3, 0.4) is 0 Å². The van der Waals surface area contributed by atoms with Crippen molar-refractivity contribution in [2.45, 2.75) is 32.6 Å². The molecule has 0 radical (unpaired) electrons. The molecule has 0 aromatic heterocycles. The lowest BCUT2D eigenvalue weighted by atomic mass is 10.2. The maximum atomic E-state index is 11.8. The molecule has 0 spiro atoms. The van der Waals surface area contributed by atoms with Gasteiger partial charge in [0.15, 0.2) is 0 Å². The van der Waals surface area contributed by atoms with Gasteiger partial charge in [-0.05, 0) is 37.8 Å². The molecule has 19 heavy (non-hydrogen) atoms. The number of hydrogen-bond acceptors (Lipinski definition) is 3. The van der Waals surface area contributed by atoms with Gasteiger partial charge in [-0.3, -0.25) is 9.63 Å². The summed E-state index contributed by atoms with van der Waals surface area (Å²) in [6.45, 7) is 3.95. The average molecular weight is 263 g/mol. The van der Waals surface area contributed by atoms with E-state index < -0.39 is 0 Å². The Bertz CT molecular complexity index is 414. The zero-order chi connectivity index (χ0) is 13.5. The summed E-state index contributed by atoms with van der Waals surface area (Å²) in [6, 6.07) is 7.90. The first-order chi connectivity index (χ1) is 9.27. The number of rotatable bonds is 5. The van der Waals surface area contributed by atoms with Crippen molar-refractivity contribution in [2.75, 3.05) is 19.8 Å². The van der Waals surface area contributed by atoms with Gasteiger partial charge in [0.05, 0.1) is 13.2 Å². The molecule has 1 aromatic rings. The van der Waals surface area contributed by atoms with Crippen LogP contribution in [0.4, 0.5) is 0 Å². The molecule has 1 heterocycles. The molecule has 0 bridgehead atoms. The van der Waals surface area contributed by atoms with Gasteiger partial charge in [0.25, 0.3) is 0 Å². The molecular weight excluding hydrogens is 242 g/mol. The summed E-state index contributed by atoms with van der Waals surface area (Å²) in [5, 5.41) is 1.50. The topological polar surface area (TPSA) is 38.8 Å². The summed E-state index contributed by atoms with van der Waals surface area (Å²) < 4.78 is 5.66. The van der Waals surface area contributed by atoms with E-state index in [1.807, 2.05) is 31.2 Å². The Balaban J connectivity index is 1.66. The van der Waals surface area contributed by atoms with Crippen LogP contribution in [-0.4, -0.2) is 30.7 Å².